The van der Waals surface area contributed by atoms with E-state index in [1.807, 2.05) is 0 Å². The van der Waals surface area contributed by atoms with E-state index in [4.69, 9.17) is 17.3 Å². The molecule has 0 aliphatic rings. The molecular weight excluding hydrogens is 232 g/mol. The van der Waals surface area contributed by atoms with Gasteiger partial charge in [0.15, 0.2) is 0 Å². The van der Waals surface area contributed by atoms with Gasteiger partial charge in [0, 0.05) is 17.7 Å². The number of hydrogen-bond acceptors (Lipinski definition) is 3. The van der Waals surface area contributed by atoms with Crippen LogP contribution in [-0.2, 0) is 4.79 Å². The minimum Gasteiger partial charge on any atom is -0.480 e. The Morgan fingerprint density at radius 3 is 2.72 bits per heavy atom. The third-order valence-electron chi connectivity index (χ3n) is 2.46. The molecule has 0 aliphatic carbocycles. The number of aliphatic carboxylic acids is 1. The first-order chi connectivity index (χ1) is 8.45. The first-order valence-corrected chi connectivity index (χ1v) is 5.29. The topological polar surface area (TPSA) is 92.4 Å². The average molecular weight is 246 g/mol. The van der Waals surface area contributed by atoms with Crippen LogP contribution in [0.2, 0.25) is 0 Å². The fourth-order valence-corrected chi connectivity index (χ4v) is 1.38. The second-order valence-electron chi connectivity index (χ2n) is 3.84. The fraction of sp³-hybridized carbons (Fsp3) is 0.231. The van der Waals surface area contributed by atoms with E-state index in [1.54, 1.807) is 19.1 Å². The fourth-order valence-electron chi connectivity index (χ4n) is 1.38. The molecule has 0 radical (unpaired) electrons. The number of carboxylic acid groups (broad SMARTS) is 1. The van der Waals surface area contributed by atoms with Crippen LogP contribution in [0.5, 0.6) is 0 Å². The van der Waals surface area contributed by atoms with Crippen molar-refractivity contribution in [2.45, 2.75) is 19.4 Å². The highest BCUT2D eigenvalue weighted by Crippen LogP contribution is 2.12. The van der Waals surface area contributed by atoms with Crippen molar-refractivity contribution in [3.8, 4) is 12.3 Å². The molecule has 5 heteroatoms. The lowest BCUT2D eigenvalue weighted by Gasteiger charge is -2.12. The predicted octanol–water partition coefficient (Wildman–Crippen LogP) is 0.784. The Bertz CT molecular complexity index is 517. The first kappa shape index (κ1) is 13.6. The number of carbonyl (C=O) groups is 2. The summed E-state index contributed by atoms with van der Waals surface area (Å²) in [4.78, 5) is 22.7. The highest BCUT2D eigenvalue weighted by atomic mass is 16.4. The van der Waals surface area contributed by atoms with Crippen molar-refractivity contribution in [1.29, 1.82) is 0 Å². The van der Waals surface area contributed by atoms with Gasteiger partial charge in [-0.25, -0.2) is 4.79 Å². The molecule has 0 saturated carbocycles. The Morgan fingerprint density at radius 1 is 1.56 bits per heavy atom. The molecule has 0 bridgehead atoms. The molecule has 18 heavy (non-hydrogen) atoms. The number of benzene rings is 1. The van der Waals surface area contributed by atoms with E-state index in [9.17, 15) is 9.59 Å². The lowest BCUT2D eigenvalue weighted by atomic mass is 10.1. The Balaban J connectivity index is 2.84. The van der Waals surface area contributed by atoms with Gasteiger partial charge < -0.3 is 16.2 Å². The van der Waals surface area contributed by atoms with Crippen LogP contribution in [0.25, 0.3) is 0 Å². The van der Waals surface area contributed by atoms with Gasteiger partial charge >= 0.3 is 5.97 Å². The van der Waals surface area contributed by atoms with Crippen molar-refractivity contribution in [2.75, 3.05) is 5.73 Å². The second-order valence-corrected chi connectivity index (χ2v) is 3.84. The molecule has 0 fully saturated rings. The molecule has 1 aromatic carbocycles. The number of nitrogens with two attached hydrogens (primary N) is 1. The number of anilines is 1. The van der Waals surface area contributed by atoms with Crippen LogP contribution < -0.4 is 11.1 Å². The van der Waals surface area contributed by atoms with Gasteiger partial charge in [-0.15, -0.1) is 12.3 Å². The minimum absolute atomic E-state index is 0.0605. The molecule has 1 unspecified atom stereocenters. The van der Waals surface area contributed by atoms with Crippen molar-refractivity contribution in [3.63, 3.8) is 0 Å². The summed E-state index contributed by atoms with van der Waals surface area (Å²) in [6.45, 7) is 1.77. The Kier molecular flexibility index (Phi) is 4.33. The summed E-state index contributed by atoms with van der Waals surface area (Å²) in [6, 6.07) is 3.65. The van der Waals surface area contributed by atoms with Gasteiger partial charge in [-0.3, -0.25) is 4.79 Å². The van der Waals surface area contributed by atoms with Crippen molar-refractivity contribution in [1.82, 2.24) is 5.32 Å². The SMILES string of the molecule is C#CCC(NC(=O)c1ccc(N)c(C)c1)C(=O)O. The van der Waals surface area contributed by atoms with Gasteiger partial charge in [0.2, 0.25) is 0 Å². The van der Waals surface area contributed by atoms with E-state index in [2.05, 4.69) is 11.2 Å². The van der Waals surface area contributed by atoms with E-state index in [-0.39, 0.29) is 6.42 Å². The summed E-state index contributed by atoms with van der Waals surface area (Å²) in [5.41, 5.74) is 7.32. The summed E-state index contributed by atoms with van der Waals surface area (Å²) in [6.07, 6.45) is 4.98. The van der Waals surface area contributed by atoms with Crippen LogP contribution in [0.1, 0.15) is 22.3 Å². The quantitative estimate of drug-likeness (QED) is 0.540. The van der Waals surface area contributed by atoms with Crippen LogP contribution in [-0.4, -0.2) is 23.0 Å². The zero-order valence-electron chi connectivity index (χ0n) is 9.93. The van der Waals surface area contributed by atoms with Gasteiger partial charge in [-0.05, 0) is 30.7 Å². The van der Waals surface area contributed by atoms with E-state index in [0.29, 0.717) is 11.3 Å². The molecule has 94 valence electrons. The van der Waals surface area contributed by atoms with Crippen LogP contribution in [0, 0.1) is 19.3 Å². The van der Waals surface area contributed by atoms with Gasteiger partial charge in [-0.2, -0.15) is 0 Å². The Hall–Kier alpha value is -2.48. The van der Waals surface area contributed by atoms with Crippen LogP contribution in [0.15, 0.2) is 18.2 Å². The minimum atomic E-state index is -1.16. The summed E-state index contributed by atoms with van der Waals surface area (Å²) in [7, 11) is 0. The molecule has 5 nitrogen and oxygen atoms in total. The standard InChI is InChI=1S/C13H14N2O3/c1-3-4-11(13(17)18)15-12(16)9-5-6-10(14)8(2)7-9/h1,5-7,11H,4,14H2,2H3,(H,15,16)(H,17,18). The number of carbonyl (C=O) groups excluding carboxylic acids is 1. The highest BCUT2D eigenvalue weighted by Gasteiger charge is 2.19. The smallest absolute Gasteiger partial charge is 0.327 e. The number of aryl methyl sites for hydroxylation is 1. The summed E-state index contributed by atoms with van der Waals surface area (Å²) >= 11 is 0. The lowest BCUT2D eigenvalue weighted by molar-refractivity contribution is -0.139. The maximum Gasteiger partial charge on any atom is 0.327 e. The largest absolute Gasteiger partial charge is 0.480 e. The zero-order chi connectivity index (χ0) is 13.7. The van der Waals surface area contributed by atoms with Crippen molar-refractivity contribution in [3.05, 3.63) is 29.3 Å². The first-order valence-electron chi connectivity index (χ1n) is 5.29. The molecule has 4 N–H and O–H groups in total. The summed E-state index contributed by atoms with van der Waals surface area (Å²) in [5, 5.41) is 11.2. The van der Waals surface area contributed by atoms with Crippen LogP contribution in [0.4, 0.5) is 5.69 Å². The van der Waals surface area contributed by atoms with Gasteiger partial charge in [-0.1, -0.05) is 0 Å². The van der Waals surface area contributed by atoms with E-state index < -0.39 is 17.9 Å². The lowest BCUT2D eigenvalue weighted by Crippen LogP contribution is -2.40. The number of amides is 1. The van der Waals surface area contributed by atoms with Gasteiger partial charge in [0.25, 0.3) is 5.91 Å². The van der Waals surface area contributed by atoms with Crippen molar-refractivity contribution >= 4 is 17.6 Å². The monoisotopic (exact) mass is 246 g/mol. The molecule has 0 spiro atoms. The highest BCUT2D eigenvalue weighted by molar-refractivity contribution is 5.97. The average Bonchev–Trinajstić information content (AvgIpc) is 2.31. The molecule has 0 aromatic heterocycles. The third-order valence-corrected chi connectivity index (χ3v) is 2.46. The van der Waals surface area contributed by atoms with Crippen molar-refractivity contribution in [2.24, 2.45) is 0 Å². The number of hydrogen-bond donors (Lipinski definition) is 3. The maximum absolute atomic E-state index is 11.8. The molecular formula is C13H14N2O3. The van der Waals surface area contributed by atoms with E-state index in [0.717, 1.165) is 5.56 Å². The molecule has 1 rings (SSSR count). The molecule has 1 aromatic rings. The van der Waals surface area contributed by atoms with Gasteiger partial charge in [0.1, 0.15) is 6.04 Å². The van der Waals surface area contributed by atoms with E-state index >= 15 is 0 Å². The van der Waals surface area contributed by atoms with Crippen LogP contribution in [0.3, 0.4) is 0 Å². The number of terminal acetylenes is 1. The number of carboxylic acids is 1. The number of nitrogen functional groups attached to an aromatic ring is 1. The maximum atomic E-state index is 11.8. The predicted molar refractivity (Wildman–Crippen MR) is 67.9 cm³/mol. The molecule has 1 amide bonds. The summed E-state index contributed by atoms with van der Waals surface area (Å²) < 4.78 is 0. The summed E-state index contributed by atoms with van der Waals surface area (Å²) in [5.74, 6) is 0.567. The number of rotatable bonds is 4. The molecule has 1 atom stereocenters. The molecule has 0 saturated heterocycles. The van der Waals surface area contributed by atoms with Crippen LogP contribution >= 0.6 is 0 Å². The van der Waals surface area contributed by atoms with Crippen molar-refractivity contribution < 1.29 is 14.7 Å². The molecule has 0 aliphatic heterocycles. The Labute approximate surface area is 105 Å². The number of nitrogens with one attached hydrogen (secondary N) is 1. The molecule has 0 heterocycles. The second kappa shape index (κ2) is 5.73. The normalized spacial score (nSPS) is 11.3. The third kappa shape index (κ3) is 3.25. The van der Waals surface area contributed by atoms with Gasteiger partial charge in [0.05, 0.1) is 0 Å². The van der Waals surface area contributed by atoms with E-state index in [1.165, 1.54) is 6.07 Å². The zero-order valence-corrected chi connectivity index (χ0v) is 9.93. The Morgan fingerprint density at radius 2 is 2.22 bits per heavy atom.